The molecule has 0 unspecified atom stereocenters. The van der Waals surface area contributed by atoms with Gasteiger partial charge in [-0.25, -0.2) is 0 Å². The van der Waals surface area contributed by atoms with Crippen LogP contribution in [0.25, 0.3) is 0 Å². The summed E-state index contributed by atoms with van der Waals surface area (Å²) < 4.78 is 13.9. The Balaban J connectivity index is 2.51. The fourth-order valence-corrected chi connectivity index (χ4v) is 0.586. The molecule has 0 aromatic carbocycles. The van der Waals surface area contributed by atoms with Gasteiger partial charge in [0.25, 0.3) is 11.9 Å². The zero-order valence-electron chi connectivity index (χ0n) is 5.69. The van der Waals surface area contributed by atoms with E-state index in [9.17, 15) is 0 Å². The minimum atomic E-state index is -0.452. The van der Waals surface area contributed by atoms with Crippen LogP contribution in [0, 0.1) is 0 Å². The van der Waals surface area contributed by atoms with Gasteiger partial charge in [-0.15, -0.1) is 0 Å². The Morgan fingerprint density at radius 1 is 1.09 bits per heavy atom. The zero-order chi connectivity index (χ0) is 8.10. The smallest absolute Gasteiger partial charge is 0.289 e. The standard InChI is InChI=1S/C6H8O5/c7-3-9-5-1-2-6(11-5)10-4-8/h1-2,7-8H,3-4H2. The molecule has 0 amide bonds. The van der Waals surface area contributed by atoms with Gasteiger partial charge in [0.2, 0.25) is 0 Å². The van der Waals surface area contributed by atoms with Crippen molar-refractivity contribution < 1.29 is 24.1 Å². The molecule has 0 fully saturated rings. The van der Waals surface area contributed by atoms with E-state index in [-0.39, 0.29) is 11.9 Å². The average molecular weight is 160 g/mol. The van der Waals surface area contributed by atoms with E-state index in [1.54, 1.807) is 0 Å². The lowest BCUT2D eigenvalue weighted by Gasteiger charge is -1.96. The topological polar surface area (TPSA) is 72.1 Å². The van der Waals surface area contributed by atoms with Crippen molar-refractivity contribution in [3.05, 3.63) is 12.1 Å². The molecule has 2 N–H and O–H groups in total. The predicted molar refractivity (Wildman–Crippen MR) is 34.1 cm³/mol. The maximum atomic E-state index is 8.29. The van der Waals surface area contributed by atoms with Crippen LogP contribution in [0.5, 0.6) is 11.9 Å². The number of rotatable bonds is 4. The lowest BCUT2D eigenvalue weighted by molar-refractivity contribution is 0.0505. The second-order valence-electron chi connectivity index (χ2n) is 1.62. The number of ether oxygens (including phenoxy) is 2. The van der Waals surface area contributed by atoms with Gasteiger partial charge in [0.1, 0.15) is 0 Å². The summed E-state index contributed by atoms with van der Waals surface area (Å²) in [5.74, 6) is 0.298. The quantitative estimate of drug-likeness (QED) is 0.603. The first-order valence-corrected chi connectivity index (χ1v) is 2.94. The largest absolute Gasteiger partial charge is 0.438 e. The van der Waals surface area contributed by atoms with E-state index in [2.05, 4.69) is 9.47 Å². The van der Waals surface area contributed by atoms with E-state index in [0.717, 1.165) is 0 Å². The highest BCUT2D eigenvalue weighted by Crippen LogP contribution is 2.21. The minimum absolute atomic E-state index is 0.149. The Labute approximate surface area is 62.8 Å². The molecule has 1 aromatic heterocycles. The molecular formula is C6H8O5. The van der Waals surface area contributed by atoms with E-state index < -0.39 is 13.6 Å². The second-order valence-corrected chi connectivity index (χ2v) is 1.62. The summed E-state index contributed by atoms with van der Waals surface area (Å²) >= 11 is 0. The molecule has 0 aliphatic heterocycles. The van der Waals surface area contributed by atoms with Gasteiger partial charge in [0.15, 0.2) is 13.6 Å². The summed E-state index contributed by atoms with van der Waals surface area (Å²) in [4.78, 5) is 0. The van der Waals surface area contributed by atoms with Crippen LogP contribution < -0.4 is 9.47 Å². The SMILES string of the molecule is OCOc1ccc(OCO)o1. The third-order valence-corrected chi connectivity index (χ3v) is 0.970. The summed E-state index contributed by atoms with van der Waals surface area (Å²) in [5, 5.41) is 16.6. The highest BCUT2D eigenvalue weighted by molar-refractivity contribution is 5.15. The summed E-state index contributed by atoms with van der Waals surface area (Å²) in [7, 11) is 0. The van der Waals surface area contributed by atoms with Crippen LogP contribution in [0.3, 0.4) is 0 Å². The maximum Gasteiger partial charge on any atom is 0.289 e. The molecule has 5 nitrogen and oxygen atoms in total. The van der Waals surface area contributed by atoms with Gasteiger partial charge in [0, 0.05) is 12.1 Å². The van der Waals surface area contributed by atoms with E-state index in [1.165, 1.54) is 12.1 Å². The van der Waals surface area contributed by atoms with E-state index in [4.69, 9.17) is 14.6 Å². The fraction of sp³-hybridized carbons (Fsp3) is 0.333. The third-order valence-electron chi connectivity index (χ3n) is 0.970. The summed E-state index contributed by atoms with van der Waals surface area (Å²) in [6.45, 7) is -0.905. The average Bonchev–Trinajstić information content (AvgIpc) is 2.38. The normalized spacial score (nSPS) is 9.64. The highest BCUT2D eigenvalue weighted by Gasteiger charge is 2.01. The maximum absolute atomic E-state index is 8.29. The van der Waals surface area contributed by atoms with Crippen molar-refractivity contribution in [3.63, 3.8) is 0 Å². The van der Waals surface area contributed by atoms with Crippen molar-refractivity contribution in [1.82, 2.24) is 0 Å². The fourth-order valence-electron chi connectivity index (χ4n) is 0.586. The molecule has 11 heavy (non-hydrogen) atoms. The van der Waals surface area contributed by atoms with Crippen LogP contribution in [-0.4, -0.2) is 23.8 Å². The molecule has 0 saturated heterocycles. The molecule has 0 atom stereocenters. The highest BCUT2D eigenvalue weighted by atomic mass is 16.7. The molecule has 0 saturated carbocycles. The molecule has 1 rings (SSSR count). The number of hydrogen-bond acceptors (Lipinski definition) is 5. The Morgan fingerprint density at radius 3 is 1.91 bits per heavy atom. The van der Waals surface area contributed by atoms with Gasteiger partial charge in [-0.05, 0) is 0 Å². The Kier molecular flexibility index (Phi) is 2.76. The Bertz CT molecular complexity index is 186. The molecule has 1 aromatic rings. The second kappa shape index (κ2) is 3.85. The number of aliphatic hydroxyl groups is 2. The number of furan rings is 1. The molecule has 0 spiro atoms. The van der Waals surface area contributed by atoms with Gasteiger partial charge < -0.3 is 24.1 Å². The van der Waals surface area contributed by atoms with Gasteiger partial charge in [-0.3, -0.25) is 0 Å². The molecule has 5 heteroatoms. The van der Waals surface area contributed by atoms with Crippen molar-refractivity contribution in [2.75, 3.05) is 13.6 Å². The van der Waals surface area contributed by atoms with Crippen molar-refractivity contribution >= 4 is 0 Å². The molecule has 0 aliphatic carbocycles. The predicted octanol–water partition coefficient (Wildman–Crippen LogP) is -0.0632. The molecule has 0 bridgehead atoms. The molecule has 0 aliphatic rings. The summed E-state index contributed by atoms with van der Waals surface area (Å²) in [6.07, 6.45) is 0. The number of hydrogen-bond donors (Lipinski definition) is 2. The first-order valence-electron chi connectivity index (χ1n) is 2.94. The van der Waals surface area contributed by atoms with Gasteiger partial charge in [-0.1, -0.05) is 0 Å². The zero-order valence-corrected chi connectivity index (χ0v) is 5.69. The molecule has 62 valence electrons. The van der Waals surface area contributed by atoms with Crippen LogP contribution in [0.2, 0.25) is 0 Å². The van der Waals surface area contributed by atoms with Crippen molar-refractivity contribution in [2.24, 2.45) is 0 Å². The molecule has 1 heterocycles. The first kappa shape index (κ1) is 7.90. The van der Waals surface area contributed by atoms with Crippen LogP contribution in [0.4, 0.5) is 0 Å². The van der Waals surface area contributed by atoms with E-state index in [0.29, 0.717) is 0 Å². The van der Waals surface area contributed by atoms with Crippen LogP contribution in [-0.2, 0) is 0 Å². The van der Waals surface area contributed by atoms with Crippen LogP contribution >= 0.6 is 0 Å². The Morgan fingerprint density at radius 2 is 1.55 bits per heavy atom. The molecular weight excluding hydrogens is 152 g/mol. The van der Waals surface area contributed by atoms with E-state index in [1.807, 2.05) is 0 Å². The van der Waals surface area contributed by atoms with Gasteiger partial charge in [0.05, 0.1) is 0 Å². The third kappa shape index (κ3) is 2.14. The monoisotopic (exact) mass is 160 g/mol. The Hall–Kier alpha value is -1.20. The van der Waals surface area contributed by atoms with Crippen molar-refractivity contribution in [2.45, 2.75) is 0 Å². The summed E-state index contributed by atoms with van der Waals surface area (Å²) in [5.41, 5.74) is 0. The van der Waals surface area contributed by atoms with Gasteiger partial charge in [-0.2, -0.15) is 0 Å². The van der Waals surface area contributed by atoms with Crippen LogP contribution in [0.15, 0.2) is 16.5 Å². The van der Waals surface area contributed by atoms with Gasteiger partial charge >= 0.3 is 0 Å². The number of aliphatic hydroxyl groups excluding tert-OH is 2. The van der Waals surface area contributed by atoms with Crippen molar-refractivity contribution in [3.8, 4) is 11.9 Å². The molecule has 0 radical (unpaired) electrons. The lowest BCUT2D eigenvalue weighted by atomic mass is 10.6. The van der Waals surface area contributed by atoms with E-state index >= 15 is 0 Å². The van der Waals surface area contributed by atoms with Crippen molar-refractivity contribution in [1.29, 1.82) is 0 Å². The first-order chi connectivity index (χ1) is 5.36. The van der Waals surface area contributed by atoms with Crippen LogP contribution in [0.1, 0.15) is 0 Å². The minimum Gasteiger partial charge on any atom is -0.438 e. The lowest BCUT2D eigenvalue weighted by Crippen LogP contribution is -1.93. The summed E-state index contributed by atoms with van der Waals surface area (Å²) in [6, 6.07) is 2.95.